The third-order valence-corrected chi connectivity index (χ3v) is 4.39. The van der Waals surface area contributed by atoms with Gasteiger partial charge in [0.2, 0.25) is 5.91 Å². The van der Waals surface area contributed by atoms with E-state index in [-0.39, 0.29) is 5.91 Å². The molecule has 2 heterocycles. The number of primary amides is 1. The van der Waals surface area contributed by atoms with Crippen LogP contribution in [0.4, 0.5) is 0 Å². The largest absolute Gasteiger partial charge is 0.370 e. The van der Waals surface area contributed by atoms with Crippen molar-refractivity contribution in [1.82, 2.24) is 5.32 Å². The third kappa shape index (κ3) is 3.94. The molecule has 18 heavy (non-hydrogen) atoms. The Morgan fingerprint density at radius 3 is 3.00 bits per heavy atom. The fraction of sp³-hybridized carbons (Fsp3) is 0.308. The van der Waals surface area contributed by atoms with Crippen LogP contribution in [0.2, 0.25) is 0 Å². The Morgan fingerprint density at radius 2 is 2.28 bits per heavy atom. The fourth-order valence-electron chi connectivity index (χ4n) is 1.64. The molecule has 0 aliphatic rings. The quantitative estimate of drug-likeness (QED) is 0.766. The van der Waals surface area contributed by atoms with Crippen LogP contribution in [-0.4, -0.2) is 12.5 Å². The highest BCUT2D eigenvalue weighted by Gasteiger charge is 2.03. The van der Waals surface area contributed by atoms with Crippen LogP contribution in [0.1, 0.15) is 17.7 Å². The first-order chi connectivity index (χ1) is 8.75. The van der Waals surface area contributed by atoms with Crippen molar-refractivity contribution in [2.75, 3.05) is 6.54 Å². The molecule has 0 aliphatic heterocycles. The van der Waals surface area contributed by atoms with E-state index in [1.54, 1.807) is 22.7 Å². The van der Waals surface area contributed by atoms with Gasteiger partial charge < -0.3 is 11.1 Å². The second-order valence-corrected chi connectivity index (χ2v) is 5.97. The summed E-state index contributed by atoms with van der Waals surface area (Å²) in [6, 6.07) is 6.42. The van der Waals surface area contributed by atoms with E-state index in [0.717, 1.165) is 19.5 Å². The first-order valence-electron chi connectivity index (χ1n) is 5.86. The maximum atomic E-state index is 10.6. The molecule has 0 saturated heterocycles. The number of thiophene rings is 2. The Hall–Kier alpha value is -1.17. The third-order valence-electron chi connectivity index (χ3n) is 2.54. The molecule has 0 atom stereocenters. The summed E-state index contributed by atoms with van der Waals surface area (Å²) in [4.78, 5) is 13.2. The molecule has 5 heteroatoms. The van der Waals surface area contributed by atoms with Gasteiger partial charge >= 0.3 is 0 Å². The molecule has 3 nitrogen and oxygen atoms in total. The lowest BCUT2D eigenvalue weighted by Crippen LogP contribution is -2.17. The van der Waals surface area contributed by atoms with Gasteiger partial charge in [0.05, 0.1) is 0 Å². The summed E-state index contributed by atoms with van der Waals surface area (Å²) in [5, 5.41) is 7.60. The van der Waals surface area contributed by atoms with Gasteiger partial charge in [0.1, 0.15) is 0 Å². The summed E-state index contributed by atoms with van der Waals surface area (Å²) in [6.45, 7) is 1.68. The minimum Gasteiger partial charge on any atom is -0.370 e. The van der Waals surface area contributed by atoms with Crippen LogP contribution >= 0.6 is 22.7 Å². The lowest BCUT2D eigenvalue weighted by atomic mass is 10.2. The van der Waals surface area contributed by atoms with E-state index in [2.05, 4.69) is 34.3 Å². The molecule has 2 aromatic rings. The van der Waals surface area contributed by atoms with Crippen molar-refractivity contribution in [3.05, 3.63) is 33.8 Å². The predicted molar refractivity (Wildman–Crippen MR) is 77.8 cm³/mol. The lowest BCUT2D eigenvalue weighted by Gasteiger charge is -2.01. The zero-order valence-corrected chi connectivity index (χ0v) is 11.7. The van der Waals surface area contributed by atoms with Gasteiger partial charge in [-0.2, -0.15) is 0 Å². The standard InChI is InChI=1S/C13H16N2OS2/c14-13(16)4-1-5-15-8-11-7-10(9-18-11)12-3-2-6-17-12/h2-3,6-7,9,15H,1,4-5,8H2,(H2,14,16). The zero-order chi connectivity index (χ0) is 12.8. The lowest BCUT2D eigenvalue weighted by molar-refractivity contribution is -0.118. The average molecular weight is 280 g/mol. The summed E-state index contributed by atoms with van der Waals surface area (Å²) in [5.41, 5.74) is 6.38. The molecule has 0 bridgehead atoms. The molecule has 0 unspecified atom stereocenters. The van der Waals surface area contributed by atoms with Crippen molar-refractivity contribution < 1.29 is 4.79 Å². The molecule has 0 aromatic carbocycles. The second kappa shape index (κ2) is 6.68. The molecule has 0 fully saturated rings. The van der Waals surface area contributed by atoms with Gasteiger partial charge in [-0.15, -0.1) is 22.7 Å². The summed E-state index contributed by atoms with van der Waals surface area (Å²) in [5.74, 6) is -0.229. The number of amides is 1. The van der Waals surface area contributed by atoms with Gasteiger partial charge in [-0.1, -0.05) is 6.07 Å². The summed E-state index contributed by atoms with van der Waals surface area (Å²) >= 11 is 3.52. The van der Waals surface area contributed by atoms with Crippen molar-refractivity contribution in [2.45, 2.75) is 19.4 Å². The Morgan fingerprint density at radius 1 is 1.39 bits per heavy atom. The highest BCUT2D eigenvalue weighted by Crippen LogP contribution is 2.29. The van der Waals surface area contributed by atoms with Gasteiger partial charge in [0, 0.05) is 28.3 Å². The Labute approximate surface area is 115 Å². The summed E-state index contributed by atoms with van der Waals surface area (Å²) in [6.07, 6.45) is 1.26. The predicted octanol–water partition coefficient (Wildman–Crippen LogP) is 2.83. The van der Waals surface area contributed by atoms with E-state index < -0.39 is 0 Å². The Balaban J connectivity index is 1.76. The van der Waals surface area contributed by atoms with Crippen LogP contribution in [0.3, 0.4) is 0 Å². The van der Waals surface area contributed by atoms with Crippen LogP contribution < -0.4 is 11.1 Å². The molecule has 2 rings (SSSR count). The first kappa shape index (κ1) is 13.3. The Bertz CT molecular complexity index is 491. The van der Waals surface area contributed by atoms with Gasteiger partial charge in [-0.05, 0) is 35.9 Å². The number of carbonyl (C=O) groups excluding carboxylic acids is 1. The minimum absolute atomic E-state index is 0.229. The number of carbonyl (C=O) groups is 1. The van der Waals surface area contributed by atoms with E-state index in [0.29, 0.717) is 6.42 Å². The molecular formula is C13H16N2OS2. The van der Waals surface area contributed by atoms with Gasteiger partial charge in [-0.25, -0.2) is 0 Å². The molecule has 0 spiro atoms. The van der Waals surface area contributed by atoms with Gasteiger partial charge in [0.15, 0.2) is 0 Å². The zero-order valence-electron chi connectivity index (χ0n) is 10.0. The van der Waals surface area contributed by atoms with Crippen LogP contribution in [0, 0.1) is 0 Å². The highest BCUT2D eigenvalue weighted by atomic mass is 32.1. The number of rotatable bonds is 7. The topological polar surface area (TPSA) is 55.1 Å². The molecule has 3 N–H and O–H groups in total. The average Bonchev–Trinajstić information content (AvgIpc) is 2.98. The van der Waals surface area contributed by atoms with Crippen LogP contribution in [-0.2, 0) is 11.3 Å². The van der Waals surface area contributed by atoms with E-state index in [1.165, 1.54) is 15.3 Å². The number of hydrogen-bond donors (Lipinski definition) is 2. The van der Waals surface area contributed by atoms with E-state index in [9.17, 15) is 4.79 Å². The van der Waals surface area contributed by atoms with Crippen LogP contribution in [0.5, 0.6) is 0 Å². The smallest absolute Gasteiger partial charge is 0.217 e. The first-order valence-corrected chi connectivity index (χ1v) is 7.62. The van der Waals surface area contributed by atoms with Crippen LogP contribution in [0.25, 0.3) is 10.4 Å². The molecular weight excluding hydrogens is 264 g/mol. The van der Waals surface area contributed by atoms with Crippen molar-refractivity contribution >= 4 is 28.6 Å². The monoisotopic (exact) mass is 280 g/mol. The van der Waals surface area contributed by atoms with E-state index in [4.69, 9.17) is 5.73 Å². The van der Waals surface area contributed by atoms with Crippen molar-refractivity contribution in [1.29, 1.82) is 0 Å². The number of nitrogens with two attached hydrogens (primary N) is 1. The SMILES string of the molecule is NC(=O)CCCNCc1cc(-c2cccs2)cs1. The Kier molecular flexibility index (Phi) is 4.92. The van der Waals surface area contributed by atoms with Crippen molar-refractivity contribution in [3.8, 4) is 10.4 Å². The van der Waals surface area contributed by atoms with E-state index in [1.807, 2.05) is 0 Å². The maximum absolute atomic E-state index is 10.6. The van der Waals surface area contributed by atoms with Gasteiger partial charge in [0.25, 0.3) is 0 Å². The summed E-state index contributed by atoms with van der Waals surface area (Å²) < 4.78 is 0. The molecule has 0 aliphatic carbocycles. The number of hydrogen-bond acceptors (Lipinski definition) is 4. The van der Waals surface area contributed by atoms with Gasteiger partial charge in [-0.3, -0.25) is 4.79 Å². The molecule has 0 saturated carbocycles. The number of nitrogens with one attached hydrogen (secondary N) is 1. The molecule has 1 amide bonds. The van der Waals surface area contributed by atoms with Crippen molar-refractivity contribution in [2.24, 2.45) is 5.73 Å². The molecule has 2 aromatic heterocycles. The normalized spacial score (nSPS) is 10.7. The second-order valence-electron chi connectivity index (χ2n) is 4.03. The molecule has 96 valence electrons. The van der Waals surface area contributed by atoms with Crippen molar-refractivity contribution in [3.63, 3.8) is 0 Å². The van der Waals surface area contributed by atoms with Crippen LogP contribution in [0.15, 0.2) is 29.0 Å². The minimum atomic E-state index is -0.229. The van der Waals surface area contributed by atoms with E-state index >= 15 is 0 Å². The molecule has 0 radical (unpaired) electrons. The summed E-state index contributed by atoms with van der Waals surface area (Å²) in [7, 11) is 0. The maximum Gasteiger partial charge on any atom is 0.217 e. The highest BCUT2D eigenvalue weighted by molar-refractivity contribution is 7.14. The fourth-order valence-corrected chi connectivity index (χ4v) is 3.29.